The second-order valence-electron chi connectivity index (χ2n) is 4.29. The molecule has 0 saturated carbocycles. The maximum absolute atomic E-state index is 6.14. The summed E-state index contributed by atoms with van der Waals surface area (Å²) in [5.41, 5.74) is 7.59. The summed E-state index contributed by atoms with van der Waals surface area (Å²) in [7, 11) is 0. The molecule has 2 aromatic carbocycles. The van der Waals surface area contributed by atoms with Crippen LogP contribution in [0.3, 0.4) is 0 Å². The number of hydrogen-bond acceptors (Lipinski definition) is 2. The van der Waals surface area contributed by atoms with E-state index in [9.17, 15) is 0 Å². The molecule has 0 spiro atoms. The Bertz CT molecular complexity index is 604. The van der Waals surface area contributed by atoms with Gasteiger partial charge in [-0.15, -0.1) is 0 Å². The Balaban J connectivity index is 2.18. The summed E-state index contributed by atoms with van der Waals surface area (Å²) in [6.45, 7) is 0.963. The van der Waals surface area contributed by atoms with E-state index in [0.717, 1.165) is 27.8 Å². The van der Waals surface area contributed by atoms with Crippen molar-refractivity contribution in [3.8, 4) is 5.75 Å². The minimum absolute atomic E-state index is 0.385. The molecular weight excluding hydrogens is 361 g/mol. The summed E-state index contributed by atoms with van der Waals surface area (Å²) in [6, 6.07) is 11.3. The minimum Gasteiger partial charge on any atom is -0.487 e. The van der Waals surface area contributed by atoms with Gasteiger partial charge in [-0.1, -0.05) is 41.4 Å². The number of para-hydroxylation sites is 1. The van der Waals surface area contributed by atoms with Gasteiger partial charge in [0.05, 0.1) is 4.47 Å². The van der Waals surface area contributed by atoms with Crippen LogP contribution in [0.5, 0.6) is 5.75 Å². The van der Waals surface area contributed by atoms with Gasteiger partial charge in [0.25, 0.3) is 0 Å². The molecule has 106 valence electrons. The molecule has 0 unspecified atom stereocenters. The molecule has 2 aromatic rings. The number of benzene rings is 2. The average Bonchev–Trinajstić information content (AvgIpc) is 2.40. The predicted octanol–water partition coefficient (Wildman–Crippen LogP) is 4.84. The molecule has 0 aliphatic carbocycles. The van der Waals surface area contributed by atoms with Crippen LogP contribution in [0.15, 0.2) is 40.9 Å². The first-order valence-electron chi connectivity index (χ1n) is 6.16. The average molecular weight is 375 g/mol. The number of hydrogen-bond donors (Lipinski definition) is 1. The molecular formula is C15H14BrCl2NO. The molecule has 0 bridgehead atoms. The topological polar surface area (TPSA) is 35.2 Å². The van der Waals surface area contributed by atoms with Crippen LogP contribution in [0.2, 0.25) is 10.0 Å². The molecule has 5 heteroatoms. The zero-order chi connectivity index (χ0) is 14.5. The van der Waals surface area contributed by atoms with Crippen LogP contribution in [0.1, 0.15) is 11.1 Å². The van der Waals surface area contributed by atoms with Crippen LogP contribution >= 0.6 is 39.1 Å². The van der Waals surface area contributed by atoms with Gasteiger partial charge >= 0.3 is 0 Å². The van der Waals surface area contributed by atoms with Crippen molar-refractivity contribution < 1.29 is 4.74 Å². The zero-order valence-electron chi connectivity index (χ0n) is 10.7. The van der Waals surface area contributed by atoms with E-state index < -0.39 is 0 Å². The van der Waals surface area contributed by atoms with Gasteiger partial charge in [0, 0.05) is 15.6 Å². The summed E-state index contributed by atoms with van der Waals surface area (Å²) in [5, 5.41) is 1.22. The first-order valence-corrected chi connectivity index (χ1v) is 7.71. The Morgan fingerprint density at radius 2 is 1.90 bits per heavy atom. The van der Waals surface area contributed by atoms with E-state index in [1.54, 1.807) is 12.1 Å². The fourth-order valence-electron chi connectivity index (χ4n) is 1.86. The van der Waals surface area contributed by atoms with Crippen molar-refractivity contribution in [1.82, 2.24) is 0 Å². The van der Waals surface area contributed by atoms with Crippen LogP contribution in [0.4, 0.5) is 0 Å². The lowest BCUT2D eigenvalue weighted by molar-refractivity contribution is 0.301. The highest BCUT2D eigenvalue weighted by molar-refractivity contribution is 9.10. The summed E-state index contributed by atoms with van der Waals surface area (Å²) in [5.74, 6) is 0.809. The third-order valence-electron chi connectivity index (χ3n) is 2.85. The molecule has 2 rings (SSSR count). The molecule has 0 saturated heterocycles. The van der Waals surface area contributed by atoms with E-state index >= 15 is 0 Å². The molecule has 0 heterocycles. The van der Waals surface area contributed by atoms with Crippen LogP contribution in [-0.2, 0) is 13.0 Å². The van der Waals surface area contributed by atoms with Crippen molar-refractivity contribution in [1.29, 1.82) is 0 Å². The third-order valence-corrected chi connectivity index (χ3v) is 4.06. The van der Waals surface area contributed by atoms with Gasteiger partial charge in [0.15, 0.2) is 0 Å². The fourth-order valence-corrected chi connectivity index (χ4v) is 2.84. The zero-order valence-corrected chi connectivity index (χ0v) is 13.8. The van der Waals surface area contributed by atoms with Gasteiger partial charge in [-0.2, -0.15) is 0 Å². The molecule has 2 nitrogen and oxygen atoms in total. The summed E-state index contributed by atoms with van der Waals surface area (Å²) < 4.78 is 6.81. The van der Waals surface area contributed by atoms with E-state index in [0.29, 0.717) is 23.2 Å². The van der Waals surface area contributed by atoms with E-state index in [1.165, 1.54) is 0 Å². The number of nitrogens with two attached hydrogens (primary N) is 1. The number of halogens is 3. The lowest BCUT2D eigenvalue weighted by atomic mass is 10.1. The quantitative estimate of drug-likeness (QED) is 0.812. The van der Waals surface area contributed by atoms with Crippen LogP contribution in [-0.4, -0.2) is 6.54 Å². The standard InChI is InChI=1S/C15H14BrCl2NO/c16-13-3-1-2-10(6-7-19)15(13)20-9-11-4-5-12(17)8-14(11)18/h1-5,8H,6-7,9,19H2. The van der Waals surface area contributed by atoms with Crippen molar-refractivity contribution in [2.24, 2.45) is 5.73 Å². The summed E-state index contributed by atoms with van der Waals surface area (Å²) in [6.07, 6.45) is 0.767. The summed E-state index contributed by atoms with van der Waals surface area (Å²) in [4.78, 5) is 0. The van der Waals surface area contributed by atoms with Gasteiger partial charge in [-0.3, -0.25) is 0 Å². The smallest absolute Gasteiger partial charge is 0.137 e. The van der Waals surface area contributed by atoms with Gasteiger partial charge in [0.2, 0.25) is 0 Å². The predicted molar refractivity (Wildman–Crippen MR) is 87.7 cm³/mol. The first kappa shape index (κ1) is 15.6. The highest BCUT2D eigenvalue weighted by Gasteiger charge is 2.09. The van der Waals surface area contributed by atoms with Crippen LogP contribution < -0.4 is 10.5 Å². The molecule has 0 amide bonds. The van der Waals surface area contributed by atoms with Crippen molar-refractivity contribution in [3.05, 3.63) is 62.0 Å². The lowest BCUT2D eigenvalue weighted by Gasteiger charge is -2.13. The van der Waals surface area contributed by atoms with Gasteiger partial charge in [-0.05, 0) is 52.7 Å². The SMILES string of the molecule is NCCc1cccc(Br)c1OCc1ccc(Cl)cc1Cl. The Labute approximate surface area is 137 Å². The van der Waals surface area contributed by atoms with E-state index in [4.69, 9.17) is 33.7 Å². The lowest BCUT2D eigenvalue weighted by Crippen LogP contribution is -2.06. The maximum atomic E-state index is 6.14. The Hall–Kier alpha value is -0.740. The highest BCUT2D eigenvalue weighted by Crippen LogP contribution is 2.31. The normalized spacial score (nSPS) is 10.6. The molecule has 20 heavy (non-hydrogen) atoms. The number of ether oxygens (including phenoxy) is 1. The summed E-state index contributed by atoms with van der Waals surface area (Å²) >= 11 is 15.5. The molecule has 0 fully saturated rings. The van der Waals surface area contributed by atoms with E-state index in [-0.39, 0.29) is 0 Å². The van der Waals surface area contributed by atoms with E-state index in [1.807, 2.05) is 24.3 Å². The van der Waals surface area contributed by atoms with Crippen LogP contribution in [0, 0.1) is 0 Å². The van der Waals surface area contributed by atoms with Gasteiger partial charge in [0.1, 0.15) is 12.4 Å². The second-order valence-corrected chi connectivity index (χ2v) is 5.99. The third kappa shape index (κ3) is 3.89. The Kier molecular flexibility index (Phi) is 5.73. The van der Waals surface area contributed by atoms with Crippen molar-refractivity contribution in [3.63, 3.8) is 0 Å². The number of rotatable bonds is 5. The monoisotopic (exact) mass is 373 g/mol. The highest BCUT2D eigenvalue weighted by atomic mass is 79.9. The van der Waals surface area contributed by atoms with Gasteiger partial charge in [-0.25, -0.2) is 0 Å². The second kappa shape index (κ2) is 7.32. The van der Waals surface area contributed by atoms with Crippen molar-refractivity contribution >= 4 is 39.1 Å². The van der Waals surface area contributed by atoms with Crippen LogP contribution in [0.25, 0.3) is 0 Å². The molecule has 0 radical (unpaired) electrons. The van der Waals surface area contributed by atoms with Crippen molar-refractivity contribution in [2.75, 3.05) is 6.54 Å². The Morgan fingerprint density at radius 1 is 1.10 bits per heavy atom. The molecule has 0 aromatic heterocycles. The molecule has 0 aliphatic heterocycles. The molecule has 0 atom stereocenters. The van der Waals surface area contributed by atoms with Crippen molar-refractivity contribution in [2.45, 2.75) is 13.0 Å². The largest absolute Gasteiger partial charge is 0.487 e. The maximum Gasteiger partial charge on any atom is 0.137 e. The molecule has 2 N–H and O–H groups in total. The van der Waals surface area contributed by atoms with Gasteiger partial charge < -0.3 is 10.5 Å². The minimum atomic E-state index is 0.385. The van der Waals surface area contributed by atoms with E-state index in [2.05, 4.69) is 15.9 Å². The molecule has 0 aliphatic rings. The fraction of sp³-hybridized carbons (Fsp3) is 0.200. The Morgan fingerprint density at radius 3 is 2.60 bits per heavy atom. The first-order chi connectivity index (χ1) is 9.61.